The van der Waals surface area contributed by atoms with Gasteiger partial charge in [-0.3, -0.25) is 0 Å². The molecule has 0 aliphatic rings. The number of aromatic carboxylic acids is 1. The second kappa shape index (κ2) is 11.6. The van der Waals surface area contributed by atoms with E-state index in [0.29, 0.717) is 44.7 Å². The highest BCUT2D eigenvalue weighted by Gasteiger charge is 2.32. The number of rotatable bonds is 6. The summed E-state index contributed by atoms with van der Waals surface area (Å²) in [6.07, 6.45) is -4.53. The fourth-order valence-electron chi connectivity index (χ4n) is 5.48. The Balaban J connectivity index is 1.97. The minimum atomic E-state index is -4.53. The van der Waals surface area contributed by atoms with Gasteiger partial charge in [0.2, 0.25) is 0 Å². The van der Waals surface area contributed by atoms with Gasteiger partial charge in [0.1, 0.15) is 5.75 Å². The summed E-state index contributed by atoms with van der Waals surface area (Å²) < 4.78 is 45.9. The minimum absolute atomic E-state index is 0.0386. The first-order valence-corrected chi connectivity index (χ1v) is 14.0. The van der Waals surface area contributed by atoms with Crippen LogP contribution in [0.25, 0.3) is 44.5 Å². The van der Waals surface area contributed by atoms with Crippen LogP contribution in [-0.2, 0) is 11.6 Å². The Morgan fingerprint density at radius 3 is 1.55 bits per heavy atom. The number of hydrogen-bond donors (Lipinski definition) is 2. The molecule has 0 saturated heterocycles. The van der Waals surface area contributed by atoms with Gasteiger partial charge in [0.15, 0.2) is 0 Å². The third-order valence-corrected chi connectivity index (χ3v) is 7.73. The standard InChI is InChI=1S/C37H32F3NO3/c1-36(2,3)26-16-10-23(11-17-26)31-29(24-14-20-28(44-4)21-15-24)30(22-8-6-5-7-9-22)32(34(41)33(31)35(42)43)25-12-18-27(19-13-25)37(38,39)40/h5-21H,41H2,1-4H3,(H,42,43). The molecule has 5 aromatic carbocycles. The third kappa shape index (κ3) is 5.78. The molecule has 44 heavy (non-hydrogen) atoms. The number of anilines is 1. The average Bonchev–Trinajstić information content (AvgIpc) is 3.00. The summed E-state index contributed by atoms with van der Waals surface area (Å²) in [4.78, 5) is 13.1. The Labute approximate surface area is 254 Å². The van der Waals surface area contributed by atoms with Gasteiger partial charge in [-0.25, -0.2) is 4.79 Å². The van der Waals surface area contributed by atoms with E-state index in [1.807, 2.05) is 66.7 Å². The first-order valence-electron chi connectivity index (χ1n) is 14.0. The Morgan fingerprint density at radius 2 is 1.07 bits per heavy atom. The molecule has 5 rings (SSSR count). The fourth-order valence-corrected chi connectivity index (χ4v) is 5.48. The van der Waals surface area contributed by atoms with Gasteiger partial charge in [-0.1, -0.05) is 99.6 Å². The van der Waals surface area contributed by atoms with E-state index < -0.39 is 17.7 Å². The molecule has 4 nitrogen and oxygen atoms in total. The minimum Gasteiger partial charge on any atom is -0.497 e. The molecule has 0 unspecified atom stereocenters. The number of carboxylic acids is 1. The van der Waals surface area contributed by atoms with Crippen molar-refractivity contribution < 1.29 is 27.8 Å². The normalized spacial score (nSPS) is 11.8. The maximum Gasteiger partial charge on any atom is 0.416 e. The Bertz CT molecular complexity index is 1800. The molecular weight excluding hydrogens is 563 g/mol. The van der Waals surface area contributed by atoms with E-state index in [9.17, 15) is 23.1 Å². The molecule has 0 fully saturated rings. The molecule has 0 heterocycles. The molecule has 0 bridgehead atoms. The highest BCUT2D eigenvalue weighted by Crippen LogP contribution is 2.51. The summed E-state index contributed by atoms with van der Waals surface area (Å²) in [7, 11) is 1.56. The predicted molar refractivity (Wildman–Crippen MR) is 170 cm³/mol. The van der Waals surface area contributed by atoms with E-state index in [0.717, 1.165) is 23.3 Å². The van der Waals surface area contributed by atoms with Crippen LogP contribution in [0.1, 0.15) is 42.3 Å². The zero-order valence-corrected chi connectivity index (χ0v) is 24.8. The van der Waals surface area contributed by atoms with E-state index in [1.54, 1.807) is 19.2 Å². The number of nitrogen functional groups attached to an aromatic ring is 1. The number of benzene rings is 5. The molecule has 0 radical (unpaired) electrons. The van der Waals surface area contributed by atoms with Crippen molar-refractivity contribution in [1.29, 1.82) is 0 Å². The molecule has 0 spiro atoms. The van der Waals surface area contributed by atoms with E-state index in [4.69, 9.17) is 10.5 Å². The lowest BCUT2D eigenvalue weighted by molar-refractivity contribution is -0.137. The molecule has 7 heteroatoms. The second-order valence-electron chi connectivity index (χ2n) is 11.6. The van der Waals surface area contributed by atoms with Crippen molar-refractivity contribution in [2.24, 2.45) is 0 Å². The summed E-state index contributed by atoms with van der Waals surface area (Å²) in [6.45, 7) is 6.29. The molecular formula is C37H32F3NO3. The molecule has 0 aliphatic heterocycles. The Kier molecular flexibility index (Phi) is 8.00. The molecule has 0 aliphatic carbocycles. The lowest BCUT2D eigenvalue weighted by atomic mass is 9.78. The molecule has 224 valence electrons. The van der Waals surface area contributed by atoms with Gasteiger partial charge >= 0.3 is 12.1 Å². The lowest BCUT2D eigenvalue weighted by Crippen LogP contribution is -2.12. The van der Waals surface area contributed by atoms with Crippen LogP contribution in [0.4, 0.5) is 18.9 Å². The van der Waals surface area contributed by atoms with E-state index in [2.05, 4.69) is 20.8 Å². The van der Waals surface area contributed by atoms with Crippen molar-refractivity contribution in [1.82, 2.24) is 0 Å². The predicted octanol–water partition coefficient (Wildman–Crippen LogP) is 9.96. The molecule has 5 aromatic rings. The summed E-state index contributed by atoms with van der Waals surface area (Å²) in [5.74, 6) is -0.636. The van der Waals surface area contributed by atoms with Gasteiger partial charge in [-0.05, 0) is 63.1 Å². The van der Waals surface area contributed by atoms with Crippen molar-refractivity contribution in [3.8, 4) is 50.3 Å². The Morgan fingerprint density at radius 1 is 0.636 bits per heavy atom. The quantitative estimate of drug-likeness (QED) is 0.192. The highest BCUT2D eigenvalue weighted by molar-refractivity contribution is 6.15. The number of nitrogens with two attached hydrogens (primary N) is 1. The maximum atomic E-state index is 13.5. The second-order valence-corrected chi connectivity index (χ2v) is 11.6. The lowest BCUT2D eigenvalue weighted by Gasteiger charge is -2.26. The van der Waals surface area contributed by atoms with E-state index >= 15 is 0 Å². The van der Waals surface area contributed by atoms with Crippen LogP contribution in [0, 0.1) is 0 Å². The zero-order valence-electron chi connectivity index (χ0n) is 24.8. The monoisotopic (exact) mass is 595 g/mol. The van der Waals surface area contributed by atoms with Crippen LogP contribution in [0.5, 0.6) is 5.75 Å². The number of methoxy groups -OCH3 is 1. The number of alkyl halides is 3. The van der Waals surface area contributed by atoms with Crippen molar-refractivity contribution >= 4 is 11.7 Å². The summed E-state index contributed by atoms with van der Waals surface area (Å²) >= 11 is 0. The Hall–Kier alpha value is -5.04. The summed E-state index contributed by atoms with van der Waals surface area (Å²) in [6, 6.07) is 28.9. The summed E-state index contributed by atoms with van der Waals surface area (Å²) in [5, 5.41) is 10.7. The first-order chi connectivity index (χ1) is 20.8. The average molecular weight is 596 g/mol. The highest BCUT2D eigenvalue weighted by atomic mass is 19.4. The van der Waals surface area contributed by atoms with Crippen LogP contribution in [0.3, 0.4) is 0 Å². The topological polar surface area (TPSA) is 72.5 Å². The largest absolute Gasteiger partial charge is 0.497 e. The van der Waals surface area contributed by atoms with Gasteiger partial charge in [0, 0.05) is 16.7 Å². The number of carbonyl (C=O) groups is 1. The van der Waals surface area contributed by atoms with Gasteiger partial charge in [-0.15, -0.1) is 0 Å². The fraction of sp³-hybridized carbons (Fsp3) is 0.162. The van der Waals surface area contributed by atoms with Crippen LogP contribution in [-0.4, -0.2) is 18.2 Å². The number of halogens is 3. The molecule has 0 aromatic heterocycles. The van der Waals surface area contributed by atoms with Crippen molar-refractivity contribution in [2.75, 3.05) is 12.8 Å². The summed E-state index contributed by atoms with van der Waals surface area (Å²) in [5.41, 5.74) is 11.1. The molecule has 0 atom stereocenters. The smallest absolute Gasteiger partial charge is 0.416 e. The van der Waals surface area contributed by atoms with Gasteiger partial charge in [0.25, 0.3) is 0 Å². The van der Waals surface area contributed by atoms with Crippen molar-refractivity contribution in [3.63, 3.8) is 0 Å². The molecule has 0 amide bonds. The van der Waals surface area contributed by atoms with E-state index in [-0.39, 0.29) is 16.7 Å². The van der Waals surface area contributed by atoms with Crippen LogP contribution in [0.15, 0.2) is 103 Å². The van der Waals surface area contributed by atoms with Crippen LogP contribution in [0.2, 0.25) is 0 Å². The van der Waals surface area contributed by atoms with Crippen LogP contribution >= 0.6 is 0 Å². The van der Waals surface area contributed by atoms with Crippen molar-refractivity contribution in [2.45, 2.75) is 32.4 Å². The zero-order chi connectivity index (χ0) is 31.8. The van der Waals surface area contributed by atoms with Crippen molar-refractivity contribution in [3.05, 3.63) is 120 Å². The van der Waals surface area contributed by atoms with Gasteiger partial charge in [0.05, 0.1) is 23.9 Å². The first kappa shape index (κ1) is 30.4. The molecule has 3 N–H and O–H groups in total. The number of hydrogen-bond acceptors (Lipinski definition) is 3. The SMILES string of the molecule is COc1ccc(-c2c(-c3ccc(C(C)(C)C)cc3)c(C(=O)O)c(N)c(-c3ccc(C(F)(F)F)cc3)c2-c2ccccc2)cc1. The van der Waals surface area contributed by atoms with Gasteiger partial charge < -0.3 is 15.6 Å². The van der Waals surface area contributed by atoms with Gasteiger partial charge in [-0.2, -0.15) is 13.2 Å². The number of ether oxygens (including phenoxy) is 1. The third-order valence-electron chi connectivity index (χ3n) is 7.73. The maximum absolute atomic E-state index is 13.5. The van der Waals surface area contributed by atoms with Crippen LogP contribution < -0.4 is 10.5 Å². The molecule has 0 saturated carbocycles. The number of carboxylic acid groups (broad SMARTS) is 1. The van der Waals surface area contributed by atoms with E-state index in [1.165, 1.54) is 12.1 Å².